The van der Waals surface area contributed by atoms with Crippen molar-refractivity contribution in [3.8, 4) is 0 Å². The second-order valence-electron chi connectivity index (χ2n) is 16.2. The highest BCUT2D eigenvalue weighted by molar-refractivity contribution is 5.76. The SMILES string of the molecule is CC/C=C\C/C=C\C/C=C\C/C=C\CCCCC(=O)NC(COC1OC(CO)C(O)C(O)C1O)C(O)/C=C/CC/C=C/CCCCCCCCCCCCCCCCC. The maximum absolute atomic E-state index is 12.9. The Labute approximate surface area is 359 Å². The number of amides is 1. The summed E-state index contributed by atoms with van der Waals surface area (Å²) in [4.78, 5) is 12.9. The number of carbonyl (C=O) groups is 1. The van der Waals surface area contributed by atoms with Crippen LogP contribution in [0.4, 0.5) is 0 Å². The van der Waals surface area contributed by atoms with Crippen molar-refractivity contribution < 1.29 is 39.8 Å². The highest BCUT2D eigenvalue weighted by atomic mass is 16.7. The quantitative estimate of drug-likeness (QED) is 0.0266. The van der Waals surface area contributed by atoms with Crippen LogP contribution in [-0.4, -0.2) is 87.5 Å². The molecule has 0 aliphatic carbocycles. The normalized spacial score (nSPS) is 21.4. The summed E-state index contributed by atoms with van der Waals surface area (Å²) in [7, 11) is 0. The Hall–Kier alpha value is -2.37. The highest BCUT2D eigenvalue weighted by Gasteiger charge is 2.44. The van der Waals surface area contributed by atoms with E-state index in [1.54, 1.807) is 6.08 Å². The lowest BCUT2D eigenvalue weighted by Gasteiger charge is -2.40. The van der Waals surface area contributed by atoms with E-state index in [4.69, 9.17) is 9.47 Å². The number of hydrogen-bond donors (Lipinski definition) is 6. The van der Waals surface area contributed by atoms with Gasteiger partial charge in [-0.1, -0.05) is 177 Å². The lowest BCUT2D eigenvalue weighted by molar-refractivity contribution is -0.302. The van der Waals surface area contributed by atoms with Gasteiger partial charge in [0.2, 0.25) is 5.91 Å². The van der Waals surface area contributed by atoms with Crippen molar-refractivity contribution in [2.75, 3.05) is 13.2 Å². The van der Waals surface area contributed by atoms with E-state index < -0.39 is 49.5 Å². The van der Waals surface area contributed by atoms with Gasteiger partial charge in [-0.2, -0.15) is 0 Å². The zero-order valence-electron chi connectivity index (χ0n) is 37.2. The summed E-state index contributed by atoms with van der Waals surface area (Å²) in [5.74, 6) is -0.230. The largest absolute Gasteiger partial charge is 0.394 e. The van der Waals surface area contributed by atoms with E-state index in [0.717, 1.165) is 57.8 Å². The lowest BCUT2D eigenvalue weighted by Crippen LogP contribution is -2.60. The number of unbranched alkanes of at least 4 members (excludes halogenated alkanes) is 18. The molecule has 0 aromatic rings. The summed E-state index contributed by atoms with van der Waals surface area (Å²) in [5, 5.41) is 54.2. The first-order chi connectivity index (χ1) is 28.8. The van der Waals surface area contributed by atoms with E-state index in [1.807, 2.05) is 6.08 Å². The Balaban J connectivity index is 2.39. The summed E-state index contributed by atoms with van der Waals surface area (Å²) in [5.41, 5.74) is 0. The molecule has 1 heterocycles. The molecule has 7 unspecified atom stereocenters. The Morgan fingerprint density at radius 3 is 1.63 bits per heavy atom. The molecule has 1 rings (SSSR count). The summed E-state index contributed by atoms with van der Waals surface area (Å²) < 4.78 is 11.2. The smallest absolute Gasteiger partial charge is 0.220 e. The third-order valence-corrected chi connectivity index (χ3v) is 10.8. The second kappa shape index (κ2) is 39.7. The second-order valence-corrected chi connectivity index (χ2v) is 16.2. The maximum Gasteiger partial charge on any atom is 0.220 e. The van der Waals surface area contributed by atoms with Crippen molar-refractivity contribution in [2.45, 2.75) is 224 Å². The molecule has 340 valence electrons. The first kappa shape index (κ1) is 54.6. The highest BCUT2D eigenvalue weighted by Crippen LogP contribution is 2.22. The molecule has 0 aromatic carbocycles. The monoisotopic (exact) mass is 830 g/mol. The molecular weight excluding hydrogens is 743 g/mol. The number of ether oxygens (including phenoxy) is 2. The zero-order valence-corrected chi connectivity index (χ0v) is 37.2. The minimum atomic E-state index is -1.58. The van der Waals surface area contributed by atoms with Crippen molar-refractivity contribution in [3.05, 3.63) is 72.9 Å². The van der Waals surface area contributed by atoms with Crippen molar-refractivity contribution in [3.63, 3.8) is 0 Å². The first-order valence-corrected chi connectivity index (χ1v) is 23.7. The predicted octanol–water partition coefficient (Wildman–Crippen LogP) is 10.2. The van der Waals surface area contributed by atoms with Crippen LogP contribution in [0.2, 0.25) is 0 Å². The van der Waals surface area contributed by atoms with Gasteiger partial charge < -0.3 is 40.3 Å². The van der Waals surface area contributed by atoms with Crippen LogP contribution < -0.4 is 5.32 Å². The molecule has 7 atom stereocenters. The number of allylic oxidation sites excluding steroid dienone is 11. The lowest BCUT2D eigenvalue weighted by atomic mass is 9.99. The van der Waals surface area contributed by atoms with Crippen molar-refractivity contribution in [2.24, 2.45) is 0 Å². The summed E-state index contributed by atoms with van der Waals surface area (Å²) in [6, 6.07) is -0.846. The molecule has 1 aliphatic heterocycles. The van der Waals surface area contributed by atoms with Gasteiger partial charge in [0.05, 0.1) is 25.4 Å². The van der Waals surface area contributed by atoms with Crippen LogP contribution in [0, 0.1) is 0 Å². The van der Waals surface area contributed by atoms with Gasteiger partial charge in [0.25, 0.3) is 0 Å². The molecule has 0 aromatic heterocycles. The van der Waals surface area contributed by atoms with Gasteiger partial charge in [0.1, 0.15) is 24.4 Å². The topological polar surface area (TPSA) is 149 Å². The fourth-order valence-corrected chi connectivity index (χ4v) is 6.98. The van der Waals surface area contributed by atoms with Gasteiger partial charge >= 0.3 is 0 Å². The van der Waals surface area contributed by atoms with E-state index in [9.17, 15) is 30.3 Å². The summed E-state index contributed by atoms with van der Waals surface area (Å²) in [6.45, 7) is 3.61. The average Bonchev–Trinajstić information content (AvgIpc) is 3.23. The fourth-order valence-electron chi connectivity index (χ4n) is 6.98. The number of carbonyl (C=O) groups excluding carboxylic acids is 1. The number of rotatable bonds is 38. The number of hydrogen-bond acceptors (Lipinski definition) is 8. The minimum absolute atomic E-state index is 0.221. The predicted molar refractivity (Wildman–Crippen MR) is 244 cm³/mol. The van der Waals surface area contributed by atoms with Crippen LogP contribution in [0.3, 0.4) is 0 Å². The summed E-state index contributed by atoms with van der Waals surface area (Å²) >= 11 is 0. The molecule has 0 radical (unpaired) electrons. The van der Waals surface area contributed by atoms with Crippen LogP contribution in [0.5, 0.6) is 0 Å². The van der Waals surface area contributed by atoms with Crippen molar-refractivity contribution >= 4 is 5.91 Å². The molecule has 59 heavy (non-hydrogen) atoms. The number of aliphatic hydroxyl groups excluding tert-OH is 5. The third kappa shape index (κ3) is 30.3. The van der Waals surface area contributed by atoms with E-state index in [1.165, 1.54) is 96.3 Å². The molecule has 1 fully saturated rings. The molecule has 0 bridgehead atoms. The van der Waals surface area contributed by atoms with Gasteiger partial charge in [0, 0.05) is 6.42 Å². The molecular formula is C50H87NO8. The fraction of sp³-hybridized carbons (Fsp3) is 0.740. The van der Waals surface area contributed by atoms with Crippen molar-refractivity contribution in [1.82, 2.24) is 5.32 Å². The number of aliphatic hydroxyl groups is 5. The minimum Gasteiger partial charge on any atom is -0.394 e. The Bertz CT molecular complexity index is 1150. The van der Waals surface area contributed by atoms with Crippen LogP contribution >= 0.6 is 0 Å². The van der Waals surface area contributed by atoms with Crippen LogP contribution in [0.15, 0.2) is 72.9 Å². The molecule has 1 amide bonds. The van der Waals surface area contributed by atoms with Gasteiger partial charge in [-0.05, 0) is 70.6 Å². The Morgan fingerprint density at radius 1 is 0.593 bits per heavy atom. The van der Waals surface area contributed by atoms with Gasteiger partial charge in [-0.15, -0.1) is 0 Å². The van der Waals surface area contributed by atoms with E-state index in [2.05, 4.69) is 79.9 Å². The van der Waals surface area contributed by atoms with Gasteiger partial charge in [-0.3, -0.25) is 4.79 Å². The molecule has 9 heteroatoms. The standard InChI is InChI=1S/C50H87NO8/c1-3-5-7-9-11-13-15-17-19-20-21-22-23-24-26-27-29-31-33-35-37-39-44(53)43(42-58-50-49(57)48(56)47(55)45(41-52)59-50)51-46(54)40-38-36-34-32-30-28-25-18-16-14-12-10-8-6-4-2/h6,8,12,14,18,25,29-32,37,39,43-45,47-50,52-53,55-57H,3-5,7,9-11,13,15-17,19-24,26-28,33-36,38,40-42H2,1-2H3,(H,51,54)/b8-6-,14-12-,25-18-,31-29+,32-30-,39-37+. The van der Waals surface area contributed by atoms with Crippen LogP contribution in [-0.2, 0) is 14.3 Å². The van der Waals surface area contributed by atoms with Gasteiger partial charge in [-0.25, -0.2) is 0 Å². The average molecular weight is 830 g/mol. The van der Waals surface area contributed by atoms with Crippen molar-refractivity contribution in [1.29, 1.82) is 0 Å². The van der Waals surface area contributed by atoms with E-state index in [-0.39, 0.29) is 18.9 Å². The molecule has 1 aliphatic rings. The Kier molecular flexibility index (Phi) is 36.8. The molecule has 0 spiro atoms. The van der Waals surface area contributed by atoms with E-state index in [0.29, 0.717) is 6.42 Å². The molecule has 9 nitrogen and oxygen atoms in total. The zero-order chi connectivity index (χ0) is 43.0. The van der Waals surface area contributed by atoms with E-state index >= 15 is 0 Å². The molecule has 6 N–H and O–H groups in total. The van der Waals surface area contributed by atoms with Gasteiger partial charge in [0.15, 0.2) is 6.29 Å². The molecule has 1 saturated heterocycles. The van der Waals surface area contributed by atoms with Crippen LogP contribution in [0.25, 0.3) is 0 Å². The molecule has 0 saturated carbocycles. The van der Waals surface area contributed by atoms with Crippen LogP contribution in [0.1, 0.15) is 181 Å². The summed E-state index contributed by atoms with van der Waals surface area (Å²) in [6.07, 6.45) is 46.7. The first-order valence-electron chi connectivity index (χ1n) is 23.7. The third-order valence-electron chi connectivity index (χ3n) is 10.8. The Morgan fingerprint density at radius 2 is 1.07 bits per heavy atom. The number of nitrogens with one attached hydrogen (secondary N) is 1. The maximum atomic E-state index is 12.9.